The molecule has 0 spiro atoms. The summed E-state index contributed by atoms with van der Waals surface area (Å²) in [7, 11) is 0. The van der Waals surface area contributed by atoms with Crippen LogP contribution in [0.5, 0.6) is 0 Å². The van der Waals surface area contributed by atoms with E-state index < -0.39 is 10.6 Å². The van der Waals surface area contributed by atoms with Crippen molar-refractivity contribution in [2.45, 2.75) is 30.6 Å². The number of rotatable bonds is 4. The van der Waals surface area contributed by atoms with Gasteiger partial charge >= 0.3 is 0 Å². The Hall–Kier alpha value is -1.56. The third-order valence-corrected chi connectivity index (χ3v) is 3.98. The molecule has 0 radical (unpaired) electrons. The summed E-state index contributed by atoms with van der Waals surface area (Å²) >= 11 is 3.17. The van der Waals surface area contributed by atoms with E-state index in [2.05, 4.69) is 31.2 Å². The van der Waals surface area contributed by atoms with E-state index in [9.17, 15) is 9.18 Å². The number of benzene rings is 1. The number of nitrogens with one attached hydrogen (secondary N) is 1. The number of nitrogens with zero attached hydrogens (tertiary/aromatic N) is 2. The first-order chi connectivity index (χ1) is 9.60. The lowest BCUT2D eigenvalue weighted by Crippen LogP contribution is -2.08. The minimum atomic E-state index is -0.725. The number of anilines is 1. The number of carbonyl (C=O) groups is 1. The van der Waals surface area contributed by atoms with E-state index in [0.29, 0.717) is 29.2 Å². The van der Waals surface area contributed by atoms with Gasteiger partial charge in [-0.1, -0.05) is 15.9 Å². The molecule has 0 aliphatic heterocycles. The number of alkyl halides is 1. The largest absolute Gasteiger partial charge is 0.366 e. The van der Waals surface area contributed by atoms with Crippen molar-refractivity contribution in [2.75, 3.05) is 5.32 Å². The highest BCUT2D eigenvalue weighted by Gasteiger charge is 2.24. The molecule has 0 bridgehead atoms. The molecular formula is C14H13BrFN3O. The maximum atomic E-state index is 14.0. The molecule has 3 rings (SSSR count). The van der Waals surface area contributed by atoms with Crippen LogP contribution < -0.4 is 5.32 Å². The molecule has 104 valence electrons. The number of fused-ring (bicyclic) bond motifs is 1. The Morgan fingerprint density at radius 3 is 2.85 bits per heavy atom. The van der Waals surface area contributed by atoms with E-state index in [4.69, 9.17) is 0 Å². The molecule has 2 aromatic rings. The second-order valence-corrected chi connectivity index (χ2v) is 5.93. The Morgan fingerprint density at radius 2 is 2.20 bits per heavy atom. The molecule has 6 heteroatoms. The van der Waals surface area contributed by atoms with Crippen molar-refractivity contribution in [3.8, 4) is 0 Å². The maximum absolute atomic E-state index is 14.0. The molecule has 1 aliphatic carbocycles. The summed E-state index contributed by atoms with van der Waals surface area (Å²) in [5, 5.41) is 3.28. The van der Waals surface area contributed by atoms with Gasteiger partial charge in [-0.05, 0) is 31.9 Å². The molecule has 20 heavy (non-hydrogen) atoms. The number of hydrogen-bond acceptors (Lipinski definition) is 4. The zero-order valence-corrected chi connectivity index (χ0v) is 12.4. The Morgan fingerprint density at radius 1 is 1.45 bits per heavy atom. The van der Waals surface area contributed by atoms with Crippen LogP contribution in [0.1, 0.15) is 28.9 Å². The minimum Gasteiger partial charge on any atom is -0.366 e. The Kier molecular flexibility index (Phi) is 3.41. The van der Waals surface area contributed by atoms with Crippen LogP contribution in [0.3, 0.4) is 0 Å². The fourth-order valence-electron chi connectivity index (χ4n) is 2.09. The van der Waals surface area contributed by atoms with Gasteiger partial charge in [0, 0.05) is 11.6 Å². The van der Waals surface area contributed by atoms with Gasteiger partial charge in [0.25, 0.3) is 0 Å². The first-order valence-corrected chi connectivity index (χ1v) is 7.34. The summed E-state index contributed by atoms with van der Waals surface area (Å²) in [6.45, 7) is 1.87. The van der Waals surface area contributed by atoms with Gasteiger partial charge in [0.05, 0.1) is 21.6 Å². The lowest BCUT2D eigenvalue weighted by Gasteiger charge is -2.12. The lowest BCUT2D eigenvalue weighted by atomic mass is 10.1. The molecule has 1 N–H and O–H groups in total. The molecule has 1 fully saturated rings. The molecule has 1 unspecified atom stereocenters. The topological polar surface area (TPSA) is 54.9 Å². The standard InChI is InChI=1S/C14H13BrFN3O/c1-7-14(18-8-2-3-8)19-13-11(17-7)5-4-10(16)12(13)9(15)6-20/h4-6,8-9H,2-3H2,1H3,(H,18,19). The van der Waals surface area contributed by atoms with Crippen molar-refractivity contribution in [2.24, 2.45) is 0 Å². The van der Waals surface area contributed by atoms with E-state index in [1.165, 1.54) is 6.07 Å². The van der Waals surface area contributed by atoms with Gasteiger partial charge in [0.2, 0.25) is 0 Å². The van der Waals surface area contributed by atoms with Gasteiger partial charge in [-0.2, -0.15) is 0 Å². The van der Waals surface area contributed by atoms with Gasteiger partial charge < -0.3 is 10.1 Å². The Labute approximate surface area is 123 Å². The maximum Gasteiger partial charge on any atom is 0.148 e. The van der Waals surface area contributed by atoms with Crippen molar-refractivity contribution < 1.29 is 9.18 Å². The molecule has 1 aliphatic rings. The van der Waals surface area contributed by atoms with Crippen molar-refractivity contribution in [1.29, 1.82) is 0 Å². The molecule has 4 nitrogen and oxygen atoms in total. The van der Waals surface area contributed by atoms with Crippen molar-refractivity contribution in [1.82, 2.24) is 9.97 Å². The Bertz CT molecular complexity index is 688. The van der Waals surface area contributed by atoms with Gasteiger partial charge in [0.1, 0.15) is 17.9 Å². The summed E-state index contributed by atoms with van der Waals surface area (Å²) in [6, 6.07) is 3.33. The number of aldehydes is 1. The minimum absolute atomic E-state index is 0.240. The molecule has 0 amide bonds. The number of hydrogen-bond donors (Lipinski definition) is 1. The fourth-order valence-corrected chi connectivity index (χ4v) is 2.53. The van der Waals surface area contributed by atoms with Crippen LogP contribution in [0, 0.1) is 12.7 Å². The lowest BCUT2D eigenvalue weighted by molar-refractivity contribution is -0.107. The number of aryl methyl sites for hydroxylation is 1. The zero-order chi connectivity index (χ0) is 14.3. The quantitative estimate of drug-likeness (QED) is 0.687. The van der Waals surface area contributed by atoms with Gasteiger partial charge in [-0.3, -0.25) is 0 Å². The normalized spacial score (nSPS) is 16.1. The average Bonchev–Trinajstić information content (AvgIpc) is 3.23. The number of carbonyl (C=O) groups excluding carboxylic acids is 1. The highest BCUT2D eigenvalue weighted by Crippen LogP contribution is 2.32. The number of halogens is 2. The van der Waals surface area contributed by atoms with Gasteiger partial charge in [-0.15, -0.1) is 0 Å². The molecule has 1 aromatic heterocycles. The molecule has 1 aromatic carbocycles. The molecule has 1 heterocycles. The third kappa shape index (κ3) is 2.40. The summed E-state index contributed by atoms with van der Waals surface area (Å²) in [4.78, 5) is 19.2. The predicted octanol–water partition coefficient (Wildman–Crippen LogP) is 3.29. The van der Waals surface area contributed by atoms with Gasteiger partial charge in [0.15, 0.2) is 0 Å². The van der Waals surface area contributed by atoms with E-state index in [1.54, 1.807) is 6.07 Å². The summed E-state index contributed by atoms with van der Waals surface area (Å²) < 4.78 is 14.0. The van der Waals surface area contributed by atoms with E-state index >= 15 is 0 Å². The van der Waals surface area contributed by atoms with Crippen LogP contribution in [0.2, 0.25) is 0 Å². The molecule has 0 saturated heterocycles. The van der Waals surface area contributed by atoms with Crippen LogP contribution >= 0.6 is 15.9 Å². The second kappa shape index (κ2) is 5.09. The SMILES string of the molecule is Cc1nc2ccc(F)c(C(Br)C=O)c2nc1NC1CC1. The number of aromatic nitrogens is 2. The van der Waals surface area contributed by atoms with Crippen molar-refractivity contribution >= 4 is 39.1 Å². The van der Waals surface area contributed by atoms with Crippen LogP contribution in [0.4, 0.5) is 10.2 Å². The highest BCUT2D eigenvalue weighted by molar-refractivity contribution is 9.09. The summed E-state index contributed by atoms with van der Waals surface area (Å²) in [5.41, 5.74) is 2.03. The van der Waals surface area contributed by atoms with Crippen molar-refractivity contribution in [3.63, 3.8) is 0 Å². The smallest absolute Gasteiger partial charge is 0.148 e. The molecule has 1 atom stereocenters. The third-order valence-electron chi connectivity index (χ3n) is 3.31. The first-order valence-electron chi connectivity index (χ1n) is 6.43. The summed E-state index contributed by atoms with van der Waals surface area (Å²) in [6.07, 6.45) is 2.88. The van der Waals surface area contributed by atoms with Crippen molar-refractivity contribution in [3.05, 3.63) is 29.2 Å². The average molecular weight is 338 g/mol. The molecular weight excluding hydrogens is 325 g/mol. The van der Waals surface area contributed by atoms with Crippen LogP contribution in [-0.2, 0) is 4.79 Å². The zero-order valence-electron chi connectivity index (χ0n) is 10.9. The summed E-state index contributed by atoms with van der Waals surface area (Å²) in [5.74, 6) is 0.208. The molecule has 1 saturated carbocycles. The first kappa shape index (κ1) is 13.4. The highest BCUT2D eigenvalue weighted by atomic mass is 79.9. The van der Waals surface area contributed by atoms with E-state index in [-0.39, 0.29) is 5.56 Å². The second-order valence-electron chi connectivity index (χ2n) is 4.94. The van der Waals surface area contributed by atoms with Gasteiger partial charge in [-0.25, -0.2) is 14.4 Å². The fraction of sp³-hybridized carbons (Fsp3) is 0.357. The van der Waals surface area contributed by atoms with Crippen LogP contribution in [0.25, 0.3) is 11.0 Å². The predicted molar refractivity (Wildman–Crippen MR) is 78.6 cm³/mol. The van der Waals surface area contributed by atoms with Crippen LogP contribution in [0.15, 0.2) is 12.1 Å². The monoisotopic (exact) mass is 337 g/mol. The van der Waals surface area contributed by atoms with E-state index in [1.807, 2.05) is 6.92 Å². The van der Waals surface area contributed by atoms with E-state index in [0.717, 1.165) is 18.5 Å². The Balaban J connectivity index is 2.19. The van der Waals surface area contributed by atoms with Crippen LogP contribution in [-0.4, -0.2) is 22.3 Å².